The third-order valence-electron chi connectivity index (χ3n) is 2.90. The molecule has 0 saturated carbocycles. The van der Waals surface area contributed by atoms with Crippen LogP contribution >= 0.6 is 11.5 Å². The van der Waals surface area contributed by atoms with Gasteiger partial charge < -0.3 is 9.84 Å². The minimum Gasteiger partial charge on any atom is -0.490 e. The first-order valence-corrected chi connectivity index (χ1v) is 7.01. The maximum Gasteiger partial charge on any atom is 0.286 e. The predicted molar refractivity (Wildman–Crippen MR) is 78.6 cm³/mol. The third kappa shape index (κ3) is 2.41. The summed E-state index contributed by atoms with van der Waals surface area (Å²) in [4.78, 5) is 11.6. The van der Waals surface area contributed by atoms with Crippen molar-refractivity contribution >= 4 is 21.7 Å². The summed E-state index contributed by atoms with van der Waals surface area (Å²) in [6, 6.07) is 6.97. The molecule has 22 heavy (non-hydrogen) atoms. The number of aromatic amines is 1. The van der Waals surface area contributed by atoms with Crippen molar-refractivity contribution in [2.75, 3.05) is 13.2 Å². The van der Waals surface area contributed by atoms with Crippen LogP contribution in [-0.4, -0.2) is 38.1 Å². The molecule has 0 radical (unpaired) electrons. The molecule has 0 aliphatic carbocycles. The molecule has 0 atom stereocenters. The molecule has 0 saturated heterocycles. The number of aliphatic hydroxyl groups excluding tert-OH is 1. The number of benzene rings is 1. The van der Waals surface area contributed by atoms with Crippen molar-refractivity contribution < 1.29 is 9.84 Å². The van der Waals surface area contributed by atoms with Crippen molar-refractivity contribution in [2.24, 2.45) is 0 Å². The van der Waals surface area contributed by atoms with Crippen LogP contribution in [0.15, 0.2) is 23.0 Å². The van der Waals surface area contributed by atoms with Crippen LogP contribution in [0.5, 0.6) is 5.75 Å². The average Bonchev–Trinajstić information content (AvgIpc) is 2.98. The minimum atomic E-state index is -0.350. The van der Waals surface area contributed by atoms with E-state index in [1.165, 1.54) is 0 Å². The molecule has 0 spiro atoms. The van der Waals surface area contributed by atoms with Gasteiger partial charge in [-0.1, -0.05) is 5.21 Å². The van der Waals surface area contributed by atoms with Crippen molar-refractivity contribution in [3.8, 4) is 23.1 Å². The number of hydrogen-bond donors (Lipinski definition) is 2. The van der Waals surface area contributed by atoms with Crippen molar-refractivity contribution in [1.29, 1.82) is 5.26 Å². The van der Waals surface area contributed by atoms with E-state index in [0.717, 1.165) is 11.5 Å². The Morgan fingerprint density at radius 3 is 3.09 bits per heavy atom. The number of aliphatic hydroxyl groups is 1. The van der Waals surface area contributed by atoms with Gasteiger partial charge in [-0.15, -0.1) is 5.10 Å². The second-order valence-electron chi connectivity index (χ2n) is 4.24. The fourth-order valence-electron chi connectivity index (χ4n) is 1.93. The molecule has 1 aromatic carbocycles. The van der Waals surface area contributed by atoms with Crippen molar-refractivity contribution in [3.05, 3.63) is 34.1 Å². The van der Waals surface area contributed by atoms with Crippen LogP contribution in [0.1, 0.15) is 5.56 Å². The van der Waals surface area contributed by atoms with Gasteiger partial charge in [-0.05, 0) is 29.7 Å². The fraction of sp³-hybridized carbons (Fsp3) is 0.154. The first-order valence-electron chi connectivity index (χ1n) is 6.23. The van der Waals surface area contributed by atoms with Gasteiger partial charge >= 0.3 is 0 Å². The molecular formula is C13H9N5O3S. The summed E-state index contributed by atoms with van der Waals surface area (Å²) in [5, 5.41) is 27.7. The van der Waals surface area contributed by atoms with Crippen LogP contribution in [0.3, 0.4) is 0 Å². The van der Waals surface area contributed by atoms with Gasteiger partial charge in [0.1, 0.15) is 34.3 Å². The molecule has 0 unspecified atom stereocenters. The van der Waals surface area contributed by atoms with Gasteiger partial charge in [-0.25, -0.2) is 5.10 Å². The van der Waals surface area contributed by atoms with Crippen LogP contribution in [0.4, 0.5) is 0 Å². The summed E-state index contributed by atoms with van der Waals surface area (Å²) in [6.07, 6.45) is 0. The van der Waals surface area contributed by atoms with Crippen LogP contribution < -0.4 is 10.3 Å². The fourth-order valence-corrected chi connectivity index (χ4v) is 2.66. The number of nitriles is 1. The summed E-state index contributed by atoms with van der Waals surface area (Å²) in [6.45, 7) is -0.0315. The zero-order valence-corrected chi connectivity index (χ0v) is 11.9. The molecule has 0 fully saturated rings. The van der Waals surface area contributed by atoms with Crippen LogP contribution in [0.25, 0.3) is 21.5 Å². The number of fused-ring (bicyclic) bond motifs is 1. The highest BCUT2D eigenvalue weighted by molar-refractivity contribution is 7.13. The Morgan fingerprint density at radius 2 is 2.32 bits per heavy atom. The lowest BCUT2D eigenvalue weighted by Crippen LogP contribution is -2.07. The molecule has 8 nitrogen and oxygen atoms in total. The molecular weight excluding hydrogens is 306 g/mol. The van der Waals surface area contributed by atoms with E-state index in [-0.39, 0.29) is 18.8 Å². The second kappa shape index (κ2) is 5.88. The van der Waals surface area contributed by atoms with Gasteiger partial charge in [-0.3, -0.25) is 4.79 Å². The van der Waals surface area contributed by atoms with Gasteiger partial charge in [0.05, 0.1) is 12.2 Å². The molecule has 0 aliphatic rings. The summed E-state index contributed by atoms with van der Waals surface area (Å²) < 4.78 is 9.88. The van der Waals surface area contributed by atoms with Crippen molar-refractivity contribution in [2.45, 2.75) is 0 Å². The molecule has 0 bridgehead atoms. The topological polar surface area (TPSA) is 125 Å². The normalized spacial score (nSPS) is 10.5. The van der Waals surface area contributed by atoms with Gasteiger partial charge in [0, 0.05) is 5.56 Å². The van der Waals surface area contributed by atoms with Gasteiger partial charge in [0.15, 0.2) is 0 Å². The second-order valence-corrected chi connectivity index (χ2v) is 5.02. The highest BCUT2D eigenvalue weighted by atomic mass is 32.1. The van der Waals surface area contributed by atoms with Gasteiger partial charge in [-0.2, -0.15) is 9.64 Å². The number of hydrogen-bond acceptors (Lipinski definition) is 8. The first-order chi connectivity index (χ1) is 10.7. The summed E-state index contributed by atoms with van der Waals surface area (Å²) >= 11 is 1.02. The predicted octanol–water partition coefficient (Wildman–Crippen LogP) is 0.684. The highest BCUT2D eigenvalue weighted by Crippen LogP contribution is 2.30. The van der Waals surface area contributed by atoms with Crippen molar-refractivity contribution in [3.63, 3.8) is 0 Å². The Kier molecular flexibility index (Phi) is 3.78. The maximum absolute atomic E-state index is 11.6. The maximum atomic E-state index is 11.6. The highest BCUT2D eigenvalue weighted by Gasteiger charge is 2.15. The smallest absolute Gasteiger partial charge is 0.286 e. The quantitative estimate of drug-likeness (QED) is 0.725. The first kappa shape index (κ1) is 14.1. The van der Waals surface area contributed by atoms with Gasteiger partial charge in [0.2, 0.25) is 0 Å². The summed E-state index contributed by atoms with van der Waals surface area (Å²) in [5.74, 6) is 0.378. The van der Waals surface area contributed by atoms with E-state index >= 15 is 0 Å². The summed E-state index contributed by atoms with van der Waals surface area (Å²) in [7, 11) is 0. The largest absolute Gasteiger partial charge is 0.490 e. The summed E-state index contributed by atoms with van der Waals surface area (Å²) in [5.41, 5.74) is 1.48. The van der Waals surface area contributed by atoms with E-state index in [1.54, 1.807) is 18.2 Å². The zero-order valence-electron chi connectivity index (χ0n) is 11.1. The van der Waals surface area contributed by atoms with E-state index in [2.05, 4.69) is 19.8 Å². The standard InChI is InChI=1S/C13H9N5O3S/c14-6-8-5-7(1-2-9(8)21-4-3-19)10-11-12(22-17-10)13(20)16-18-15-11/h1-2,5,19H,3-4H2,(H,15,16,20). The Hall–Kier alpha value is -2.83. The Bertz CT molecular complexity index is 927. The van der Waals surface area contributed by atoms with Crippen LogP contribution in [-0.2, 0) is 0 Å². The SMILES string of the molecule is N#Cc1cc(-c2nsc3c(=O)[nH]nnc23)ccc1OCCO. The van der Waals surface area contributed by atoms with Crippen molar-refractivity contribution in [1.82, 2.24) is 19.8 Å². The number of rotatable bonds is 4. The third-order valence-corrected chi connectivity index (χ3v) is 3.73. The lowest BCUT2D eigenvalue weighted by molar-refractivity contribution is 0.201. The molecule has 2 heterocycles. The zero-order chi connectivity index (χ0) is 15.5. The number of nitrogens with one attached hydrogen (secondary N) is 1. The molecule has 2 aromatic heterocycles. The molecule has 0 aliphatic heterocycles. The van der Waals surface area contributed by atoms with E-state index in [9.17, 15) is 10.1 Å². The van der Waals surface area contributed by atoms with Gasteiger partial charge in [0.25, 0.3) is 5.56 Å². The average molecular weight is 315 g/mol. The Labute approximate surface area is 127 Å². The monoisotopic (exact) mass is 315 g/mol. The minimum absolute atomic E-state index is 0.106. The van der Waals surface area contributed by atoms with E-state index in [0.29, 0.717) is 32.8 Å². The van der Waals surface area contributed by atoms with E-state index < -0.39 is 0 Å². The molecule has 110 valence electrons. The number of aromatic nitrogens is 4. The molecule has 3 aromatic rings. The van der Waals surface area contributed by atoms with Crippen LogP contribution in [0.2, 0.25) is 0 Å². The van der Waals surface area contributed by atoms with E-state index in [1.807, 2.05) is 6.07 Å². The number of ether oxygens (including phenoxy) is 1. The number of nitrogens with zero attached hydrogens (tertiary/aromatic N) is 4. The Morgan fingerprint density at radius 1 is 1.45 bits per heavy atom. The Balaban J connectivity index is 2.10. The molecule has 9 heteroatoms. The number of H-pyrrole nitrogens is 1. The van der Waals surface area contributed by atoms with Crippen LogP contribution in [0, 0.1) is 11.3 Å². The molecule has 3 rings (SSSR count). The lowest BCUT2D eigenvalue weighted by atomic mass is 10.1. The molecule has 0 amide bonds. The lowest BCUT2D eigenvalue weighted by Gasteiger charge is -2.07. The van der Waals surface area contributed by atoms with E-state index in [4.69, 9.17) is 9.84 Å². The molecule has 2 N–H and O–H groups in total.